The number of hydrogen-bond donors (Lipinski definition) is 1. The molecule has 1 N–H and O–H groups in total. The van der Waals surface area contributed by atoms with Crippen molar-refractivity contribution in [1.29, 1.82) is 0 Å². The van der Waals surface area contributed by atoms with Crippen molar-refractivity contribution in [3.05, 3.63) is 23.8 Å². The molecule has 0 spiro atoms. The highest BCUT2D eigenvalue weighted by Gasteiger charge is 2.69. The summed E-state index contributed by atoms with van der Waals surface area (Å²) in [5, 5.41) is 10.6. The molecule has 0 bridgehead atoms. The number of ether oxygens (including phenoxy) is 1. The molecule has 0 aromatic heterocycles. The number of carbonyl (C=O) groups is 3. The van der Waals surface area contributed by atoms with Crippen LogP contribution in [-0.2, 0) is 19.1 Å². The van der Waals surface area contributed by atoms with Gasteiger partial charge in [0.1, 0.15) is 35.0 Å². The third-order valence-corrected chi connectivity index (χ3v) is 11.9. The lowest BCUT2D eigenvalue weighted by Gasteiger charge is -2.60. The minimum absolute atomic E-state index is 0.0214. The van der Waals surface area contributed by atoms with Crippen LogP contribution in [0.1, 0.15) is 78.6 Å². The van der Waals surface area contributed by atoms with Crippen LogP contribution in [0.3, 0.4) is 0 Å². The van der Waals surface area contributed by atoms with Gasteiger partial charge in [-0.25, -0.2) is 13.2 Å². The number of hydrogen-bond acceptors (Lipinski definition) is 6. The van der Waals surface area contributed by atoms with Crippen LogP contribution in [0.2, 0.25) is 0 Å². The van der Waals surface area contributed by atoms with E-state index in [0.29, 0.717) is 43.9 Å². The van der Waals surface area contributed by atoms with Crippen LogP contribution in [0, 0.1) is 28.1 Å². The van der Waals surface area contributed by atoms with Crippen LogP contribution < -0.4 is 0 Å². The molecule has 4 fully saturated rings. The Morgan fingerprint density at radius 3 is 2.53 bits per heavy atom. The minimum atomic E-state index is -2.02. The van der Waals surface area contributed by atoms with E-state index in [9.17, 15) is 23.9 Å². The molecule has 210 valence electrons. The Labute approximate surface area is 226 Å². The Bertz CT molecular complexity index is 1110. The molecule has 5 rings (SSSR count). The number of ketones is 1. The van der Waals surface area contributed by atoms with E-state index in [-0.39, 0.29) is 43.0 Å². The molecular weight excluding hydrogens is 517 g/mol. The summed E-state index contributed by atoms with van der Waals surface area (Å²) in [6, 6.07) is -0.990. The van der Waals surface area contributed by atoms with Crippen molar-refractivity contribution in [3.63, 3.8) is 0 Å². The zero-order valence-electron chi connectivity index (χ0n) is 22.2. The largest absolute Gasteiger partial charge is 0.461 e. The zero-order chi connectivity index (χ0) is 27.7. The van der Waals surface area contributed by atoms with Crippen LogP contribution in [0.4, 0.5) is 13.2 Å². The molecule has 0 aromatic carbocycles. The van der Waals surface area contributed by atoms with E-state index < -0.39 is 62.8 Å². The number of rotatable bonds is 4. The van der Waals surface area contributed by atoms with E-state index in [4.69, 9.17) is 4.74 Å². The van der Waals surface area contributed by atoms with Gasteiger partial charge in [-0.15, -0.1) is 0 Å². The van der Waals surface area contributed by atoms with Crippen molar-refractivity contribution in [2.24, 2.45) is 28.1 Å². The lowest BCUT2D eigenvalue weighted by atomic mass is 9.46. The monoisotopic (exact) mass is 554 g/mol. The second-order valence-electron chi connectivity index (χ2n) is 12.7. The molecule has 0 heterocycles. The Morgan fingerprint density at radius 2 is 1.82 bits per heavy atom. The van der Waals surface area contributed by atoms with E-state index in [0.717, 1.165) is 0 Å². The topological polar surface area (TPSA) is 80.7 Å². The summed E-state index contributed by atoms with van der Waals surface area (Å²) in [6.45, 7) is 5.18. The third kappa shape index (κ3) is 3.66. The number of halogens is 3. The van der Waals surface area contributed by atoms with Crippen LogP contribution in [0.5, 0.6) is 0 Å². The second kappa shape index (κ2) is 9.22. The summed E-state index contributed by atoms with van der Waals surface area (Å²) < 4.78 is 51.6. The molecule has 5 aliphatic carbocycles. The molecule has 4 saturated carbocycles. The number of alkyl halides is 3. The van der Waals surface area contributed by atoms with Gasteiger partial charge in [-0.3, -0.25) is 14.4 Å². The van der Waals surface area contributed by atoms with E-state index in [1.165, 1.54) is 25.2 Å². The highest BCUT2D eigenvalue weighted by molar-refractivity contribution is 8.13. The Morgan fingerprint density at radius 1 is 1.11 bits per heavy atom. The zero-order valence-corrected chi connectivity index (χ0v) is 23.1. The predicted molar refractivity (Wildman–Crippen MR) is 137 cm³/mol. The molecule has 38 heavy (non-hydrogen) atoms. The van der Waals surface area contributed by atoms with E-state index in [1.807, 2.05) is 6.92 Å². The summed E-state index contributed by atoms with van der Waals surface area (Å²) in [7, 11) is 0. The van der Waals surface area contributed by atoms with Crippen LogP contribution in [-0.4, -0.2) is 51.5 Å². The molecule has 0 radical (unpaired) electrons. The maximum absolute atomic E-state index is 17.1. The second-order valence-corrected chi connectivity index (χ2v) is 13.6. The molecule has 0 amide bonds. The third-order valence-electron chi connectivity index (χ3n) is 11.2. The first-order valence-electron chi connectivity index (χ1n) is 13.7. The maximum atomic E-state index is 17.1. The molecule has 0 aliphatic heterocycles. The van der Waals surface area contributed by atoms with Crippen LogP contribution >= 0.6 is 11.8 Å². The van der Waals surface area contributed by atoms with Gasteiger partial charge in [-0.05, 0) is 82.4 Å². The summed E-state index contributed by atoms with van der Waals surface area (Å²) in [6.07, 6.45) is 5.18. The normalized spacial score (nSPS) is 48.0. The van der Waals surface area contributed by atoms with Crippen molar-refractivity contribution in [2.75, 3.05) is 6.01 Å². The van der Waals surface area contributed by atoms with Gasteiger partial charge in [-0.2, -0.15) is 0 Å². The SMILES string of the molecule is CC1(C(=O)OC2CC[C@H]3[C@@H]4C[C@H](F)C5=CC(=O)C=C[C@]5(C)[C@@]4(F)CC[C@]23C)CCCCC1(O)C(=O)SCF. The van der Waals surface area contributed by atoms with Crippen LogP contribution in [0.15, 0.2) is 23.8 Å². The summed E-state index contributed by atoms with van der Waals surface area (Å²) in [5.41, 5.74) is -6.85. The standard InChI is InChI=1S/C29H37F3O5S/c1-25-12-13-28(32)19(15-21(31)20-14-17(33)8-11-26(20,28)2)18(25)6-7-22(25)37-23(34)27(3)9-4-5-10-29(27,36)24(35)38-16-30/h8,11,14,18-19,21-22,36H,4-7,9-10,12-13,15-16H2,1-3H3/t18-,19-,21-,22?,25-,26-,27?,28+,29?/m0/s1. The molecule has 0 aromatic rings. The fourth-order valence-electron chi connectivity index (χ4n) is 8.59. The molecular formula is C29H37F3O5S. The van der Waals surface area contributed by atoms with Crippen molar-refractivity contribution in [2.45, 2.75) is 102 Å². The summed E-state index contributed by atoms with van der Waals surface area (Å²) in [5.74, 6) is -1.85. The lowest BCUT2D eigenvalue weighted by Crippen LogP contribution is -2.63. The predicted octanol–water partition coefficient (Wildman–Crippen LogP) is 5.74. The van der Waals surface area contributed by atoms with E-state index in [2.05, 4.69) is 0 Å². The fraction of sp³-hybridized carbons (Fsp3) is 0.759. The first kappa shape index (κ1) is 27.9. The minimum Gasteiger partial charge on any atom is -0.461 e. The highest BCUT2D eigenvalue weighted by Crippen LogP contribution is 2.68. The fourth-order valence-corrected chi connectivity index (χ4v) is 9.26. The quantitative estimate of drug-likeness (QED) is 0.446. The Balaban J connectivity index is 1.40. The number of carbonyl (C=O) groups excluding carboxylic acids is 3. The van der Waals surface area contributed by atoms with Gasteiger partial charge in [0.25, 0.3) is 0 Å². The summed E-state index contributed by atoms with van der Waals surface area (Å²) >= 11 is 0.366. The molecule has 5 aliphatic rings. The number of fused-ring (bicyclic) bond motifs is 5. The number of aliphatic hydroxyl groups is 1. The smallest absolute Gasteiger partial charge is 0.315 e. The van der Waals surface area contributed by atoms with Crippen molar-refractivity contribution >= 4 is 28.6 Å². The van der Waals surface area contributed by atoms with Gasteiger partial charge in [-0.1, -0.05) is 37.6 Å². The molecule has 9 atom stereocenters. The number of esters is 1. The molecule has 0 saturated heterocycles. The van der Waals surface area contributed by atoms with Gasteiger partial charge < -0.3 is 9.84 Å². The Hall–Kier alpha value is -1.61. The molecule has 9 heteroatoms. The van der Waals surface area contributed by atoms with E-state index >= 15 is 8.78 Å². The molecule has 5 nitrogen and oxygen atoms in total. The number of allylic oxidation sites excluding steroid dienone is 4. The highest BCUT2D eigenvalue weighted by atomic mass is 32.2. The van der Waals surface area contributed by atoms with Gasteiger partial charge in [0.2, 0.25) is 5.12 Å². The van der Waals surface area contributed by atoms with Gasteiger partial charge in [0.15, 0.2) is 5.78 Å². The first-order valence-corrected chi connectivity index (χ1v) is 14.7. The van der Waals surface area contributed by atoms with E-state index in [1.54, 1.807) is 6.92 Å². The average molecular weight is 555 g/mol. The first-order chi connectivity index (χ1) is 17.8. The van der Waals surface area contributed by atoms with Gasteiger partial charge >= 0.3 is 5.97 Å². The van der Waals surface area contributed by atoms with Gasteiger partial charge in [0.05, 0.1) is 0 Å². The number of thioether (sulfide) groups is 1. The van der Waals surface area contributed by atoms with Crippen molar-refractivity contribution < 1.29 is 37.4 Å². The summed E-state index contributed by atoms with van der Waals surface area (Å²) in [4.78, 5) is 38.3. The lowest BCUT2D eigenvalue weighted by molar-refractivity contribution is -0.197. The Kier molecular flexibility index (Phi) is 6.78. The van der Waals surface area contributed by atoms with Gasteiger partial charge in [0, 0.05) is 16.7 Å². The van der Waals surface area contributed by atoms with Crippen molar-refractivity contribution in [3.8, 4) is 0 Å². The van der Waals surface area contributed by atoms with Crippen molar-refractivity contribution in [1.82, 2.24) is 0 Å². The average Bonchev–Trinajstić information content (AvgIpc) is 3.20. The maximum Gasteiger partial charge on any atom is 0.315 e. The molecule has 3 unspecified atom stereocenters. The van der Waals surface area contributed by atoms with Crippen LogP contribution in [0.25, 0.3) is 0 Å².